The quantitative estimate of drug-likeness (QED) is 0.296. The minimum absolute atomic E-state index is 0.0250. The predicted molar refractivity (Wildman–Crippen MR) is 158 cm³/mol. The maximum absolute atomic E-state index is 13.4. The Morgan fingerprint density at radius 1 is 1.11 bits per heavy atom. The van der Waals surface area contributed by atoms with Crippen LogP contribution in [0.2, 0.25) is 0 Å². The monoisotopic (exact) mass is 605 g/mol. The molecule has 1 aliphatic heterocycles. The number of rotatable bonds is 4. The van der Waals surface area contributed by atoms with Gasteiger partial charge in [-0.15, -0.1) is 0 Å². The molecule has 2 aromatic heterocycles. The number of halogens is 3. The topological polar surface area (TPSA) is 139 Å². The minimum Gasteiger partial charge on any atom is -0.384 e. The van der Waals surface area contributed by atoms with Crippen LogP contribution in [0.3, 0.4) is 0 Å². The van der Waals surface area contributed by atoms with Gasteiger partial charge in [0.1, 0.15) is 23.9 Å². The van der Waals surface area contributed by atoms with Crippen LogP contribution in [0.15, 0.2) is 42.7 Å². The van der Waals surface area contributed by atoms with E-state index >= 15 is 0 Å². The molecule has 4 N–H and O–H groups in total. The lowest BCUT2D eigenvalue weighted by atomic mass is 10.0. The van der Waals surface area contributed by atoms with E-state index in [1.807, 2.05) is 6.92 Å². The van der Waals surface area contributed by atoms with Gasteiger partial charge in [-0.25, -0.2) is 14.6 Å². The average molecular weight is 606 g/mol. The number of amides is 2. The van der Waals surface area contributed by atoms with Gasteiger partial charge in [0.15, 0.2) is 5.65 Å². The lowest BCUT2D eigenvalue weighted by molar-refractivity contribution is -0.141. The number of aryl methyl sites for hydroxylation is 2. The average Bonchev–Trinajstić information content (AvgIpc) is 3.36. The van der Waals surface area contributed by atoms with E-state index in [1.54, 1.807) is 27.8 Å². The third kappa shape index (κ3) is 6.21. The second-order valence-corrected chi connectivity index (χ2v) is 10.8. The number of carbonyl (C=O) groups is 2. The number of anilines is 2. The Hall–Kier alpha value is -4.96. The van der Waals surface area contributed by atoms with E-state index in [9.17, 15) is 27.9 Å². The molecule has 1 unspecified atom stereocenters. The highest BCUT2D eigenvalue weighted by Crippen LogP contribution is 2.33. The van der Waals surface area contributed by atoms with Crippen molar-refractivity contribution in [3.8, 4) is 11.8 Å². The molecule has 2 atom stereocenters. The molecule has 1 saturated heterocycles. The van der Waals surface area contributed by atoms with Gasteiger partial charge in [-0.2, -0.15) is 18.3 Å². The van der Waals surface area contributed by atoms with Crippen molar-refractivity contribution in [1.29, 1.82) is 0 Å². The number of hydrogen-bond donors (Lipinski definition) is 3. The number of nitrogens with two attached hydrogens (primary N) is 1. The number of fused-ring (bicyclic) bond motifs is 1. The highest BCUT2D eigenvalue weighted by atomic mass is 19.4. The summed E-state index contributed by atoms with van der Waals surface area (Å²) in [6, 6.07) is 8.21. The summed E-state index contributed by atoms with van der Waals surface area (Å²) >= 11 is 0. The summed E-state index contributed by atoms with van der Waals surface area (Å²) in [7, 11) is 0. The largest absolute Gasteiger partial charge is 0.416 e. The highest BCUT2D eigenvalue weighted by molar-refractivity contribution is 6.04. The zero-order valence-electron chi connectivity index (χ0n) is 24.2. The molecule has 228 valence electrons. The minimum atomic E-state index is -4.58. The van der Waals surface area contributed by atoms with Gasteiger partial charge in [0.05, 0.1) is 17.0 Å². The summed E-state index contributed by atoms with van der Waals surface area (Å²) in [5.41, 5.74) is 7.71. The van der Waals surface area contributed by atoms with E-state index in [4.69, 9.17) is 10.8 Å². The van der Waals surface area contributed by atoms with E-state index < -0.39 is 23.8 Å². The fraction of sp³-hybridized carbons (Fsp3) is 0.323. The van der Waals surface area contributed by atoms with Gasteiger partial charge in [0.25, 0.3) is 11.8 Å². The summed E-state index contributed by atoms with van der Waals surface area (Å²) in [6.07, 6.45) is -2.92. The van der Waals surface area contributed by atoms with Gasteiger partial charge in [-0.1, -0.05) is 18.1 Å². The number of aromatic nitrogens is 4. The predicted octanol–water partition coefficient (Wildman–Crippen LogP) is 4.24. The summed E-state index contributed by atoms with van der Waals surface area (Å²) in [6.45, 7) is 5.47. The van der Waals surface area contributed by atoms with E-state index in [2.05, 4.69) is 27.1 Å². The first-order valence-corrected chi connectivity index (χ1v) is 13.9. The third-order valence-electron chi connectivity index (χ3n) is 7.55. The Bertz CT molecular complexity index is 1820. The van der Waals surface area contributed by atoms with Crippen LogP contribution in [-0.4, -0.2) is 60.8 Å². The molecule has 44 heavy (non-hydrogen) atoms. The summed E-state index contributed by atoms with van der Waals surface area (Å²) in [5, 5.41) is 17.6. The number of aliphatic hydroxyl groups is 1. The van der Waals surface area contributed by atoms with Crippen LogP contribution in [-0.2, 0) is 11.0 Å². The molecule has 10 nitrogen and oxygen atoms in total. The molecule has 1 aliphatic rings. The lowest BCUT2D eigenvalue weighted by Gasteiger charge is -2.33. The number of piperidine rings is 1. The number of alkyl halides is 3. The first-order chi connectivity index (χ1) is 20.8. The fourth-order valence-corrected chi connectivity index (χ4v) is 5.19. The highest BCUT2D eigenvalue weighted by Gasteiger charge is 2.33. The Morgan fingerprint density at radius 2 is 1.86 bits per heavy atom. The van der Waals surface area contributed by atoms with Gasteiger partial charge in [0.2, 0.25) is 0 Å². The number of benzene rings is 2. The zero-order valence-corrected chi connectivity index (χ0v) is 24.2. The molecule has 1 fully saturated rings. The second-order valence-electron chi connectivity index (χ2n) is 10.8. The van der Waals surface area contributed by atoms with Crippen molar-refractivity contribution in [1.82, 2.24) is 24.6 Å². The fourth-order valence-electron chi connectivity index (χ4n) is 5.19. The number of likely N-dealkylation sites (tertiary alicyclic amines) is 1. The van der Waals surface area contributed by atoms with Crippen LogP contribution in [0.4, 0.5) is 24.7 Å². The normalized spacial score (nSPS) is 15.9. The Balaban J connectivity index is 1.44. The van der Waals surface area contributed by atoms with Gasteiger partial charge >= 0.3 is 6.18 Å². The van der Waals surface area contributed by atoms with E-state index in [0.29, 0.717) is 47.5 Å². The van der Waals surface area contributed by atoms with Crippen molar-refractivity contribution in [2.24, 2.45) is 0 Å². The van der Waals surface area contributed by atoms with Crippen molar-refractivity contribution in [2.75, 3.05) is 24.1 Å². The Morgan fingerprint density at radius 3 is 2.59 bits per heavy atom. The third-order valence-corrected chi connectivity index (χ3v) is 7.55. The first-order valence-electron chi connectivity index (χ1n) is 13.9. The van der Waals surface area contributed by atoms with Gasteiger partial charge in [-0.3, -0.25) is 9.59 Å². The smallest absolute Gasteiger partial charge is 0.384 e. The molecular weight excluding hydrogens is 575 g/mol. The number of aliphatic hydroxyl groups excluding tert-OH is 1. The van der Waals surface area contributed by atoms with Crippen molar-refractivity contribution in [2.45, 2.75) is 51.9 Å². The molecule has 0 spiro atoms. The molecule has 4 aromatic rings. The summed E-state index contributed by atoms with van der Waals surface area (Å²) in [4.78, 5) is 35.4. The first kappa shape index (κ1) is 30.5. The lowest BCUT2D eigenvalue weighted by Crippen LogP contribution is -2.44. The maximum atomic E-state index is 13.4. The molecule has 0 aliphatic carbocycles. The van der Waals surface area contributed by atoms with Crippen LogP contribution in [0, 0.1) is 25.7 Å². The van der Waals surface area contributed by atoms with Crippen molar-refractivity contribution in [3.05, 3.63) is 76.2 Å². The second kappa shape index (κ2) is 12.0. The van der Waals surface area contributed by atoms with Crippen LogP contribution >= 0.6 is 0 Å². The number of nitrogen functional groups attached to an aromatic ring is 1. The van der Waals surface area contributed by atoms with E-state index in [1.165, 1.54) is 32.3 Å². The molecule has 13 heteroatoms. The molecule has 3 heterocycles. The molecule has 0 radical (unpaired) electrons. The molecule has 0 saturated carbocycles. The van der Waals surface area contributed by atoms with Crippen molar-refractivity contribution >= 4 is 34.4 Å². The maximum Gasteiger partial charge on any atom is 0.416 e. The van der Waals surface area contributed by atoms with E-state index in [-0.39, 0.29) is 28.9 Å². The van der Waals surface area contributed by atoms with Crippen molar-refractivity contribution < 1.29 is 27.9 Å². The molecule has 5 rings (SSSR count). The Kier molecular flexibility index (Phi) is 8.29. The summed E-state index contributed by atoms with van der Waals surface area (Å²) < 4.78 is 41.8. The van der Waals surface area contributed by atoms with Crippen LogP contribution in [0.1, 0.15) is 64.1 Å². The molecule has 2 aromatic carbocycles. The van der Waals surface area contributed by atoms with Crippen LogP contribution in [0.25, 0.3) is 11.0 Å². The van der Waals surface area contributed by atoms with Crippen LogP contribution in [0.5, 0.6) is 0 Å². The number of carbonyl (C=O) groups excluding carboxylic acids is 2. The zero-order chi connectivity index (χ0) is 31.8. The van der Waals surface area contributed by atoms with Gasteiger partial charge < -0.3 is 21.1 Å². The molecular formula is C31H30F3N7O3. The SMILES string of the molecule is Cc1ccc(NC(=O)c2ccc(C)c(C(F)(F)F)c2)cc1C#Cc1nn(C2CCCN(C(=O)[C@H](C)O)C2)c2ncnc(N)c12. The molecule has 2 amide bonds. The van der Waals surface area contributed by atoms with E-state index in [0.717, 1.165) is 18.1 Å². The number of hydrogen-bond acceptors (Lipinski definition) is 7. The van der Waals surface area contributed by atoms with Gasteiger partial charge in [0, 0.05) is 29.9 Å². The van der Waals surface area contributed by atoms with Gasteiger partial charge in [-0.05, 0) is 74.9 Å². The molecule has 0 bridgehead atoms. The van der Waals surface area contributed by atoms with Crippen LogP contribution < -0.4 is 11.1 Å². The summed E-state index contributed by atoms with van der Waals surface area (Å²) in [5.74, 6) is 5.24. The van der Waals surface area contributed by atoms with Crippen molar-refractivity contribution in [3.63, 3.8) is 0 Å². The number of nitrogens with zero attached hydrogens (tertiary/aromatic N) is 5. The standard InChI is InChI=1S/C31H30F3N7O3/c1-17-7-10-22(38-29(43)21-8-6-18(2)24(14-21)31(32,33)34)13-20(17)9-11-25-26-27(35)36-16-37-28(26)41(39-25)23-5-4-12-40(15-23)30(44)19(3)42/h6-8,10,13-14,16,19,23,42H,4-5,12,15H2,1-3H3,(H,38,43)(H2,35,36,37)/t19-,23?/m0/s1. The number of nitrogens with one attached hydrogen (secondary N) is 1. The Labute approximate surface area is 251 Å².